The first-order valence-corrected chi connectivity index (χ1v) is 11.3. The summed E-state index contributed by atoms with van der Waals surface area (Å²) < 4.78 is 34.1. The molecule has 29 heavy (non-hydrogen) atoms. The number of nitrogens with zero attached hydrogens (tertiary/aromatic N) is 2. The summed E-state index contributed by atoms with van der Waals surface area (Å²) in [6, 6.07) is 15.3. The molecule has 0 amide bonds. The Morgan fingerprint density at radius 2 is 1.83 bits per heavy atom. The van der Waals surface area contributed by atoms with Gasteiger partial charge in [-0.1, -0.05) is 26.0 Å². The molecule has 0 aliphatic rings. The second-order valence-corrected chi connectivity index (χ2v) is 8.71. The molecule has 0 aliphatic carbocycles. The number of aryl methyl sites for hydroxylation is 1. The Morgan fingerprint density at radius 3 is 2.41 bits per heavy atom. The van der Waals surface area contributed by atoms with Crippen molar-refractivity contribution in [1.29, 1.82) is 5.26 Å². The van der Waals surface area contributed by atoms with Gasteiger partial charge in [0.05, 0.1) is 29.6 Å². The Kier molecular flexibility index (Phi) is 6.14. The van der Waals surface area contributed by atoms with E-state index in [9.17, 15) is 13.7 Å². The number of nitrogens with one attached hydrogen (secondary N) is 1. The normalized spacial score (nSPS) is 11.4. The highest BCUT2D eigenvalue weighted by molar-refractivity contribution is 7.92. The van der Waals surface area contributed by atoms with Crippen molar-refractivity contribution in [3.05, 3.63) is 48.0 Å². The largest absolute Gasteiger partial charge is 0.497 e. The minimum Gasteiger partial charge on any atom is -0.497 e. The summed E-state index contributed by atoms with van der Waals surface area (Å²) in [6.07, 6.45) is 1.47. The van der Waals surface area contributed by atoms with Crippen LogP contribution in [0.5, 0.6) is 5.75 Å². The molecule has 6 nitrogen and oxygen atoms in total. The highest BCUT2D eigenvalue weighted by atomic mass is 32.2. The van der Waals surface area contributed by atoms with Gasteiger partial charge in [-0.3, -0.25) is 4.72 Å². The first-order chi connectivity index (χ1) is 13.9. The van der Waals surface area contributed by atoms with Gasteiger partial charge in [0.25, 0.3) is 0 Å². The van der Waals surface area contributed by atoms with Crippen LogP contribution in [-0.4, -0.2) is 25.8 Å². The predicted molar refractivity (Wildman–Crippen MR) is 117 cm³/mol. The zero-order valence-electron chi connectivity index (χ0n) is 16.9. The summed E-state index contributed by atoms with van der Waals surface area (Å²) in [5.74, 6) is 0.787. The van der Waals surface area contributed by atoms with Gasteiger partial charge < -0.3 is 9.30 Å². The van der Waals surface area contributed by atoms with Crippen molar-refractivity contribution >= 4 is 26.6 Å². The van der Waals surface area contributed by atoms with E-state index >= 15 is 0 Å². The van der Waals surface area contributed by atoms with Crippen molar-refractivity contribution in [3.63, 3.8) is 0 Å². The lowest BCUT2D eigenvalue weighted by atomic mass is 10.1. The maximum atomic E-state index is 12.0. The molecular formula is C22H25N3O3S. The quantitative estimate of drug-likeness (QED) is 0.580. The van der Waals surface area contributed by atoms with Crippen LogP contribution in [0, 0.1) is 11.3 Å². The number of sulfonamides is 1. The number of hydrogen-bond donors (Lipinski definition) is 1. The average molecular weight is 412 g/mol. The molecule has 0 fully saturated rings. The minimum absolute atomic E-state index is 0.0832. The van der Waals surface area contributed by atoms with Crippen molar-refractivity contribution in [3.8, 4) is 23.1 Å². The number of benzene rings is 2. The third-order valence-electron chi connectivity index (χ3n) is 4.73. The number of fused-ring (bicyclic) bond motifs is 1. The summed E-state index contributed by atoms with van der Waals surface area (Å²) in [4.78, 5) is 0. The Balaban J connectivity index is 2.11. The van der Waals surface area contributed by atoms with E-state index in [-0.39, 0.29) is 5.75 Å². The van der Waals surface area contributed by atoms with Crippen LogP contribution in [0.1, 0.15) is 32.3 Å². The number of ether oxygens (including phenoxy) is 1. The van der Waals surface area contributed by atoms with E-state index in [4.69, 9.17) is 4.74 Å². The number of anilines is 1. The first-order valence-electron chi connectivity index (χ1n) is 9.65. The van der Waals surface area contributed by atoms with Crippen LogP contribution in [0.2, 0.25) is 0 Å². The van der Waals surface area contributed by atoms with Crippen LogP contribution in [0.15, 0.2) is 42.5 Å². The number of methoxy groups -OCH3 is 1. The summed E-state index contributed by atoms with van der Waals surface area (Å²) in [7, 11) is -1.73. The second-order valence-electron chi connectivity index (χ2n) is 6.87. The predicted octanol–water partition coefficient (Wildman–Crippen LogP) is 4.75. The van der Waals surface area contributed by atoms with Crippen LogP contribution in [-0.2, 0) is 16.6 Å². The third-order valence-corrected chi connectivity index (χ3v) is 6.23. The van der Waals surface area contributed by atoms with Crippen molar-refractivity contribution < 1.29 is 13.2 Å². The molecule has 7 heteroatoms. The van der Waals surface area contributed by atoms with Crippen LogP contribution in [0.25, 0.3) is 22.2 Å². The van der Waals surface area contributed by atoms with Crippen molar-refractivity contribution in [2.45, 2.75) is 33.2 Å². The Morgan fingerprint density at radius 1 is 1.10 bits per heavy atom. The smallest absolute Gasteiger partial charge is 0.232 e. The van der Waals surface area contributed by atoms with Crippen LogP contribution < -0.4 is 9.46 Å². The van der Waals surface area contributed by atoms with Gasteiger partial charge in [0.15, 0.2) is 0 Å². The number of rotatable bonds is 8. The highest BCUT2D eigenvalue weighted by Gasteiger charge is 2.19. The zero-order chi connectivity index (χ0) is 21.0. The van der Waals surface area contributed by atoms with Crippen LogP contribution in [0.4, 0.5) is 5.69 Å². The fourth-order valence-corrected chi connectivity index (χ4v) is 4.66. The lowest BCUT2D eigenvalue weighted by Gasteiger charge is -2.12. The molecule has 152 valence electrons. The number of hydrogen-bond acceptors (Lipinski definition) is 4. The summed E-state index contributed by atoms with van der Waals surface area (Å²) >= 11 is 0. The molecule has 0 spiro atoms. The fraction of sp³-hybridized carbons (Fsp3) is 0.318. The molecule has 2 aromatic carbocycles. The monoisotopic (exact) mass is 411 g/mol. The maximum absolute atomic E-state index is 12.0. The lowest BCUT2D eigenvalue weighted by Crippen LogP contribution is -2.15. The molecule has 0 radical (unpaired) electrons. The fourth-order valence-electron chi connectivity index (χ4n) is 3.53. The maximum Gasteiger partial charge on any atom is 0.232 e. The van der Waals surface area contributed by atoms with E-state index < -0.39 is 10.0 Å². The van der Waals surface area contributed by atoms with Crippen LogP contribution >= 0.6 is 0 Å². The lowest BCUT2D eigenvalue weighted by molar-refractivity contribution is 0.415. The second kappa shape index (κ2) is 8.58. The Hall–Kier alpha value is -2.98. The SMILES string of the molecule is CCCn1c(-c2ccc(NS(=O)(=O)CCC)cc2)c(C#N)c2cc(OC)ccc21. The molecule has 0 aliphatic heterocycles. The van der Waals surface area contributed by atoms with Gasteiger partial charge >= 0.3 is 0 Å². The summed E-state index contributed by atoms with van der Waals surface area (Å²) in [5, 5.41) is 10.7. The number of nitriles is 1. The van der Waals surface area contributed by atoms with Gasteiger partial charge in [-0.05, 0) is 48.7 Å². The van der Waals surface area contributed by atoms with E-state index in [0.717, 1.165) is 35.1 Å². The van der Waals surface area contributed by atoms with Gasteiger partial charge in [0, 0.05) is 17.6 Å². The van der Waals surface area contributed by atoms with E-state index in [2.05, 4.69) is 22.3 Å². The van der Waals surface area contributed by atoms with Gasteiger partial charge in [0.2, 0.25) is 10.0 Å². The van der Waals surface area contributed by atoms with Gasteiger partial charge in [-0.2, -0.15) is 5.26 Å². The Bertz CT molecular complexity index is 1160. The Labute approximate surface area is 171 Å². The average Bonchev–Trinajstić information content (AvgIpc) is 3.01. The van der Waals surface area contributed by atoms with Gasteiger partial charge in [-0.15, -0.1) is 0 Å². The molecular weight excluding hydrogens is 386 g/mol. The molecule has 0 atom stereocenters. The topological polar surface area (TPSA) is 84.1 Å². The summed E-state index contributed by atoms with van der Waals surface area (Å²) in [6.45, 7) is 4.69. The van der Waals surface area contributed by atoms with Crippen molar-refractivity contribution in [2.75, 3.05) is 17.6 Å². The van der Waals surface area contributed by atoms with E-state index in [1.54, 1.807) is 19.2 Å². The minimum atomic E-state index is -3.34. The van der Waals surface area contributed by atoms with Crippen molar-refractivity contribution in [2.24, 2.45) is 0 Å². The molecule has 3 aromatic rings. The van der Waals surface area contributed by atoms with E-state index in [1.807, 2.05) is 37.3 Å². The molecule has 1 heterocycles. The van der Waals surface area contributed by atoms with Crippen molar-refractivity contribution in [1.82, 2.24) is 4.57 Å². The molecule has 0 saturated heterocycles. The standard InChI is InChI=1S/C22H25N3O3S/c1-4-12-25-21-11-10-18(28-3)14-19(21)20(15-23)22(25)16-6-8-17(9-7-16)24-29(26,27)13-5-2/h6-11,14,24H,4-5,12-13H2,1-3H3. The first kappa shape index (κ1) is 20.7. The molecule has 1 aromatic heterocycles. The highest BCUT2D eigenvalue weighted by Crippen LogP contribution is 2.36. The molecule has 1 N–H and O–H groups in total. The molecule has 0 unspecified atom stereocenters. The number of aromatic nitrogens is 1. The zero-order valence-corrected chi connectivity index (χ0v) is 17.7. The summed E-state index contributed by atoms with van der Waals surface area (Å²) in [5.41, 5.74) is 3.78. The van der Waals surface area contributed by atoms with Gasteiger partial charge in [-0.25, -0.2) is 8.42 Å². The molecule has 0 bridgehead atoms. The molecule has 0 saturated carbocycles. The van der Waals surface area contributed by atoms with Gasteiger partial charge in [0.1, 0.15) is 11.8 Å². The molecule has 3 rings (SSSR count). The van der Waals surface area contributed by atoms with E-state index in [0.29, 0.717) is 23.4 Å². The van der Waals surface area contributed by atoms with Crippen LogP contribution in [0.3, 0.4) is 0 Å². The van der Waals surface area contributed by atoms with E-state index in [1.165, 1.54) is 0 Å². The third kappa shape index (κ3) is 4.22.